The predicted octanol–water partition coefficient (Wildman–Crippen LogP) is 12.7. The Bertz CT molecular complexity index is 651. The molecule has 228 valence electrons. The van der Waals surface area contributed by atoms with E-state index >= 15 is 0 Å². The fourth-order valence-electron chi connectivity index (χ4n) is 6.09. The zero-order valence-corrected chi connectivity index (χ0v) is 27.9. The number of nitrogens with zero attached hydrogens (tertiary/aromatic N) is 3. The lowest BCUT2D eigenvalue weighted by Crippen LogP contribution is -2.11. The monoisotopic (exact) mass is 579 g/mol. The largest absolute Gasteiger partial charge is 0.305 e. The van der Waals surface area contributed by atoms with Gasteiger partial charge >= 0.3 is 0 Å². The maximum atomic E-state index is 4.89. The Hall–Kier alpha value is -0.160. The summed E-state index contributed by atoms with van der Waals surface area (Å²) in [6.45, 7) is 5.73. The molecule has 1 aliphatic rings. The van der Waals surface area contributed by atoms with Crippen LogP contribution in [-0.4, -0.2) is 20.5 Å². The molecule has 1 aliphatic carbocycles. The highest BCUT2D eigenvalue weighted by Gasteiger charge is 2.21. The van der Waals surface area contributed by atoms with Crippen LogP contribution in [0, 0.1) is 0 Å². The molecule has 0 aromatic carbocycles. The average molecular weight is 580 g/mol. The minimum absolute atomic E-state index is 0.610. The molecule has 0 bridgehead atoms. The van der Waals surface area contributed by atoms with Crippen molar-refractivity contribution in [1.82, 2.24) is 14.8 Å². The molecule has 0 saturated heterocycles. The number of unbranched alkanes of at least 4 members (excludes halogenated alkanes) is 14. The number of aromatic nitrogens is 3. The smallest absolute Gasteiger partial charge is 0.201 e. The van der Waals surface area contributed by atoms with Crippen molar-refractivity contribution in [2.45, 2.75) is 205 Å². The lowest BCUT2D eigenvalue weighted by atomic mass is 9.92. The van der Waals surface area contributed by atoms with E-state index in [0.717, 1.165) is 6.54 Å². The quantitative estimate of drug-likeness (QED) is 0.107. The second-order valence-corrected chi connectivity index (χ2v) is 14.7. The number of hydrogen-bond donors (Lipinski definition) is 0. The zero-order valence-electron chi connectivity index (χ0n) is 26.2. The highest BCUT2D eigenvalue weighted by molar-refractivity contribution is 8.76. The zero-order chi connectivity index (χ0) is 27.6. The van der Waals surface area contributed by atoms with E-state index in [4.69, 9.17) is 10.2 Å². The molecular weight excluding hydrogens is 515 g/mol. The Morgan fingerprint density at radius 2 is 1.03 bits per heavy atom. The second kappa shape index (κ2) is 25.5. The van der Waals surface area contributed by atoms with Gasteiger partial charge in [0.1, 0.15) is 5.82 Å². The molecule has 0 radical (unpaired) electrons. The summed E-state index contributed by atoms with van der Waals surface area (Å²) >= 11 is 0. The minimum atomic E-state index is 0.610. The van der Waals surface area contributed by atoms with Crippen molar-refractivity contribution in [3.63, 3.8) is 0 Å². The van der Waals surface area contributed by atoms with Gasteiger partial charge in [-0.05, 0) is 36.5 Å². The SMILES string of the molecule is CCCCCCCCCCCCSSc1nnc(C2CCCCCCCCCCC2)n1CCCCCCCC. The van der Waals surface area contributed by atoms with E-state index < -0.39 is 0 Å². The first-order valence-corrected chi connectivity index (χ1v) is 19.9. The van der Waals surface area contributed by atoms with E-state index in [1.165, 1.54) is 190 Å². The van der Waals surface area contributed by atoms with Crippen LogP contribution in [-0.2, 0) is 6.54 Å². The molecule has 1 aromatic heterocycles. The third kappa shape index (κ3) is 17.4. The summed E-state index contributed by atoms with van der Waals surface area (Å²) in [5.74, 6) is 3.17. The maximum absolute atomic E-state index is 4.89. The first kappa shape index (κ1) is 35.0. The molecule has 0 amide bonds. The molecule has 1 fully saturated rings. The molecule has 0 aliphatic heterocycles. The van der Waals surface area contributed by atoms with Crippen LogP contribution in [0.5, 0.6) is 0 Å². The van der Waals surface area contributed by atoms with Gasteiger partial charge in [0.25, 0.3) is 0 Å². The second-order valence-electron chi connectivity index (χ2n) is 12.3. The summed E-state index contributed by atoms with van der Waals surface area (Å²) < 4.78 is 2.56. The fraction of sp³-hybridized carbons (Fsp3) is 0.941. The number of hydrogen-bond acceptors (Lipinski definition) is 4. The lowest BCUT2D eigenvalue weighted by Gasteiger charge is -2.19. The van der Waals surface area contributed by atoms with Crippen molar-refractivity contribution in [1.29, 1.82) is 0 Å². The molecule has 1 aromatic rings. The van der Waals surface area contributed by atoms with Gasteiger partial charge < -0.3 is 4.57 Å². The van der Waals surface area contributed by atoms with Crippen molar-refractivity contribution >= 4 is 21.6 Å². The molecule has 0 unspecified atom stereocenters. The molecule has 1 heterocycles. The van der Waals surface area contributed by atoms with Gasteiger partial charge in [0.05, 0.1) is 0 Å². The first-order valence-electron chi connectivity index (χ1n) is 17.6. The van der Waals surface area contributed by atoms with Crippen molar-refractivity contribution < 1.29 is 0 Å². The Labute approximate surface area is 252 Å². The van der Waals surface area contributed by atoms with E-state index in [-0.39, 0.29) is 0 Å². The molecular formula is C34H65N3S2. The average Bonchev–Trinajstić information content (AvgIpc) is 3.34. The van der Waals surface area contributed by atoms with E-state index in [9.17, 15) is 0 Å². The Morgan fingerprint density at radius 3 is 1.56 bits per heavy atom. The summed E-state index contributed by atoms with van der Waals surface area (Å²) in [6.07, 6.45) is 37.6. The first-order chi connectivity index (χ1) is 19.4. The third-order valence-electron chi connectivity index (χ3n) is 8.67. The van der Waals surface area contributed by atoms with Gasteiger partial charge in [0, 0.05) is 18.2 Å². The van der Waals surface area contributed by atoms with Crippen LogP contribution in [0.3, 0.4) is 0 Å². The van der Waals surface area contributed by atoms with E-state index in [2.05, 4.69) is 18.4 Å². The van der Waals surface area contributed by atoms with Crippen molar-refractivity contribution in [2.75, 3.05) is 5.75 Å². The predicted molar refractivity (Wildman–Crippen MR) is 177 cm³/mol. The molecule has 3 nitrogen and oxygen atoms in total. The lowest BCUT2D eigenvalue weighted by molar-refractivity contribution is 0.432. The molecule has 0 atom stereocenters. The van der Waals surface area contributed by atoms with Gasteiger partial charge in [0.15, 0.2) is 0 Å². The topological polar surface area (TPSA) is 30.7 Å². The summed E-state index contributed by atoms with van der Waals surface area (Å²) in [4.78, 5) is 0. The van der Waals surface area contributed by atoms with Gasteiger partial charge in [-0.2, -0.15) is 0 Å². The van der Waals surface area contributed by atoms with E-state index in [0.29, 0.717) is 5.92 Å². The van der Waals surface area contributed by atoms with E-state index in [1.54, 1.807) is 0 Å². The van der Waals surface area contributed by atoms with Gasteiger partial charge in [-0.1, -0.05) is 172 Å². The number of rotatable bonds is 21. The molecule has 0 N–H and O–H groups in total. The maximum Gasteiger partial charge on any atom is 0.201 e. The highest BCUT2D eigenvalue weighted by Crippen LogP contribution is 2.35. The Balaban J connectivity index is 1.81. The summed E-state index contributed by atoms with van der Waals surface area (Å²) in [5.41, 5.74) is 0. The third-order valence-corrected chi connectivity index (χ3v) is 11.0. The van der Waals surface area contributed by atoms with Crippen LogP contribution in [0.2, 0.25) is 0 Å². The van der Waals surface area contributed by atoms with Gasteiger partial charge in [-0.3, -0.25) is 0 Å². The Morgan fingerprint density at radius 1 is 0.564 bits per heavy atom. The standard InChI is InChI=1S/C34H65N3S2/c1-3-5-7-9-11-12-16-19-23-27-31-38-39-34-36-35-33(37(34)30-26-22-10-8-6-4-2)32-28-24-20-17-14-13-15-18-21-25-29-32/h32H,3-31H2,1-2H3. The van der Waals surface area contributed by atoms with Crippen molar-refractivity contribution in [3.8, 4) is 0 Å². The van der Waals surface area contributed by atoms with Crippen molar-refractivity contribution in [3.05, 3.63) is 5.82 Å². The Kier molecular flexibility index (Phi) is 22.9. The molecule has 2 rings (SSSR count). The van der Waals surface area contributed by atoms with E-state index in [1.807, 2.05) is 21.6 Å². The minimum Gasteiger partial charge on any atom is -0.305 e. The fourth-order valence-corrected chi connectivity index (χ4v) is 8.24. The highest BCUT2D eigenvalue weighted by atomic mass is 33.1. The summed E-state index contributed by atoms with van der Waals surface area (Å²) in [7, 11) is 3.93. The molecule has 39 heavy (non-hydrogen) atoms. The molecule has 5 heteroatoms. The molecule has 0 spiro atoms. The van der Waals surface area contributed by atoms with Crippen LogP contribution in [0.15, 0.2) is 5.16 Å². The normalized spacial score (nSPS) is 16.3. The van der Waals surface area contributed by atoms with Crippen LogP contribution < -0.4 is 0 Å². The van der Waals surface area contributed by atoms with Crippen molar-refractivity contribution in [2.24, 2.45) is 0 Å². The van der Waals surface area contributed by atoms with Crippen LogP contribution in [0.4, 0.5) is 0 Å². The van der Waals surface area contributed by atoms with Gasteiger partial charge in [-0.15, -0.1) is 10.2 Å². The van der Waals surface area contributed by atoms with Crippen LogP contribution in [0.25, 0.3) is 0 Å². The molecule has 1 saturated carbocycles. The summed E-state index contributed by atoms with van der Waals surface area (Å²) in [6, 6.07) is 0. The summed E-state index contributed by atoms with van der Waals surface area (Å²) in [5, 5.41) is 10.9. The van der Waals surface area contributed by atoms with Gasteiger partial charge in [-0.25, -0.2) is 0 Å². The van der Waals surface area contributed by atoms with Gasteiger partial charge in [0.2, 0.25) is 5.16 Å². The van der Waals surface area contributed by atoms with Crippen LogP contribution in [0.1, 0.15) is 199 Å². The van der Waals surface area contributed by atoms with Crippen LogP contribution >= 0.6 is 21.6 Å².